The second-order valence-corrected chi connectivity index (χ2v) is 15.7. The predicted molar refractivity (Wildman–Crippen MR) is 137 cm³/mol. The molecule has 1 aliphatic heterocycles. The predicted octanol–water partition coefficient (Wildman–Crippen LogP) is 3.39. The summed E-state index contributed by atoms with van der Waals surface area (Å²) < 4.78 is 31.3. The van der Waals surface area contributed by atoms with Crippen molar-refractivity contribution in [2.24, 2.45) is 0 Å². The number of aliphatic hydroxyl groups excluding tert-OH is 1. The number of aliphatic hydroxyl groups is 1. The van der Waals surface area contributed by atoms with Gasteiger partial charge >= 0.3 is 8.25 Å². The normalized spacial score (nSPS) is 22.8. The number of benzene rings is 1. The van der Waals surface area contributed by atoms with Crippen LogP contribution in [0, 0.1) is 0 Å². The molecule has 0 radical (unpaired) electrons. The number of imidazole rings is 1. The number of carbonyl (C=O) groups excluding carboxylic acids is 1. The lowest BCUT2D eigenvalue weighted by Crippen LogP contribution is -2.49. The molecule has 1 aromatic carbocycles. The van der Waals surface area contributed by atoms with Crippen LogP contribution in [0.4, 0.5) is 5.82 Å². The van der Waals surface area contributed by atoms with Gasteiger partial charge in [-0.25, -0.2) is 15.0 Å². The first kappa shape index (κ1) is 27.4. The van der Waals surface area contributed by atoms with Crippen molar-refractivity contribution in [3.8, 4) is 0 Å². The topological polar surface area (TPSA) is 158 Å². The molecule has 2 aromatic heterocycles. The Labute approximate surface area is 216 Å². The molecule has 12 nitrogen and oxygen atoms in total. The minimum absolute atomic E-state index is 0.186. The third-order valence-corrected chi connectivity index (χ3v) is 11.7. The van der Waals surface area contributed by atoms with Crippen molar-refractivity contribution in [1.29, 1.82) is 0 Å². The zero-order valence-electron chi connectivity index (χ0n) is 21.2. The first-order valence-corrected chi connectivity index (χ1v) is 15.8. The zero-order valence-corrected chi connectivity index (χ0v) is 23.1. The molecule has 0 saturated carbocycles. The first-order valence-electron chi connectivity index (χ1n) is 11.7. The Morgan fingerprint density at radius 2 is 1.89 bits per heavy atom. The monoisotopic (exact) mass is 548 g/mol. The molecule has 3 aromatic rings. The Bertz CT molecular complexity index is 1280. The number of amides is 1. The van der Waals surface area contributed by atoms with E-state index in [0.29, 0.717) is 16.7 Å². The SMILES string of the molecule is CC(C)(C)[Si](C)(C)O[C@H]1C(n2cnc3c(NC(=O)c4ccccc4)ncnc32)OC(CO)[C@H]1O[P+](=O)O. The van der Waals surface area contributed by atoms with E-state index in [2.05, 4.69) is 41.0 Å². The van der Waals surface area contributed by atoms with Crippen molar-refractivity contribution in [2.75, 3.05) is 11.9 Å². The molecule has 1 amide bonds. The summed E-state index contributed by atoms with van der Waals surface area (Å²) >= 11 is 0. The number of nitrogens with one attached hydrogen (secondary N) is 1. The molecule has 1 saturated heterocycles. The van der Waals surface area contributed by atoms with Gasteiger partial charge < -0.3 is 19.6 Å². The lowest BCUT2D eigenvalue weighted by atomic mass is 10.1. The minimum Gasteiger partial charge on any atom is -0.406 e. The van der Waals surface area contributed by atoms with E-state index >= 15 is 0 Å². The highest BCUT2D eigenvalue weighted by Crippen LogP contribution is 2.44. The maximum atomic E-state index is 12.7. The number of hydrogen-bond acceptors (Lipinski definition) is 9. The Hall–Kier alpha value is -2.64. The molecule has 5 atom stereocenters. The van der Waals surface area contributed by atoms with Crippen LogP contribution in [-0.2, 0) is 18.3 Å². The van der Waals surface area contributed by atoms with Gasteiger partial charge in [-0.1, -0.05) is 39.0 Å². The molecule has 1 aliphatic rings. The van der Waals surface area contributed by atoms with Crippen molar-refractivity contribution in [3.05, 3.63) is 48.5 Å². The van der Waals surface area contributed by atoms with Crippen LogP contribution in [-0.4, -0.2) is 68.7 Å². The Kier molecular flexibility index (Phi) is 7.86. The van der Waals surface area contributed by atoms with Crippen LogP contribution in [0.25, 0.3) is 11.2 Å². The van der Waals surface area contributed by atoms with Gasteiger partial charge in [-0.3, -0.25) is 9.36 Å². The van der Waals surface area contributed by atoms with Gasteiger partial charge in [0.05, 0.1) is 12.9 Å². The van der Waals surface area contributed by atoms with Gasteiger partial charge in [-0.05, 0) is 30.3 Å². The molecule has 37 heavy (non-hydrogen) atoms. The second-order valence-electron chi connectivity index (χ2n) is 10.3. The summed E-state index contributed by atoms with van der Waals surface area (Å²) in [4.78, 5) is 35.2. The second kappa shape index (κ2) is 10.6. The fourth-order valence-electron chi connectivity index (χ4n) is 3.85. The summed E-state index contributed by atoms with van der Waals surface area (Å²) in [7, 11) is -5.43. The van der Waals surface area contributed by atoms with Gasteiger partial charge in [0.2, 0.25) is 0 Å². The highest BCUT2D eigenvalue weighted by Gasteiger charge is 2.54. The van der Waals surface area contributed by atoms with E-state index in [-0.39, 0.29) is 16.8 Å². The maximum Gasteiger partial charge on any atom is 0.695 e. The Morgan fingerprint density at radius 3 is 2.51 bits per heavy atom. The van der Waals surface area contributed by atoms with E-state index in [9.17, 15) is 19.4 Å². The average Bonchev–Trinajstić information content (AvgIpc) is 3.40. The summed E-state index contributed by atoms with van der Waals surface area (Å²) in [5.74, 6) is -0.144. The highest BCUT2D eigenvalue weighted by molar-refractivity contribution is 7.32. The summed E-state index contributed by atoms with van der Waals surface area (Å²) in [5.41, 5.74) is 1.12. The van der Waals surface area contributed by atoms with E-state index in [1.54, 1.807) is 28.8 Å². The van der Waals surface area contributed by atoms with Crippen molar-refractivity contribution >= 4 is 39.5 Å². The van der Waals surface area contributed by atoms with E-state index in [1.165, 1.54) is 12.7 Å². The van der Waals surface area contributed by atoms with Crippen LogP contribution in [0.15, 0.2) is 43.0 Å². The number of aromatic nitrogens is 4. The van der Waals surface area contributed by atoms with Crippen LogP contribution in [0.1, 0.15) is 37.4 Å². The van der Waals surface area contributed by atoms with Crippen LogP contribution in [0.3, 0.4) is 0 Å². The average molecular weight is 549 g/mol. The fourth-order valence-corrected chi connectivity index (χ4v) is 5.60. The van der Waals surface area contributed by atoms with Crippen molar-refractivity contribution < 1.29 is 33.0 Å². The van der Waals surface area contributed by atoms with Crippen LogP contribution in [0.2, 0.25) is 18.1 Å². The molecular formula is C23H31N5O7PSi+. The highest BCUT2D eigenvalue weighted by atomic mass is 31.1. The number of rotatable bonds is 8. The van der Waals surface area contributed by atoms with Gasteiger partial charge in [-0.2, -0.15) is 0 Å². The van der Waals surface area contributed by atoms with E-state index in [0.717, 1.165) is 0 Å². The number of carbonyl (C=O) groups is 1. The summed E-state index contributed by atoms with van der Waals surface area (Å²) in [5, 5.41) is 12.6. The summed E-state index contributed by atoms with van der Waals surface area (Å²) in [6.07, 6.45) is -0.915. The molecule has 14 heteroatoms. The molecule has 0 aliphatic carbocycles. The van der Waals surface area contributed by atoms with Crippen LogP contribution < -0.4 is 5.32 Å². The van der Waals surface area contributed by atoms with Gasteiger partial charge in [0, 0.05) is 10.1 Å². The fraction of sp³-hybridized carbons (Fsp3) is 0.478. The molecule has 1 fully saturated rings. The minimum atomic E-state index is -2.99. The number of ether oxygens (including phenoxy) is 1. The summed E-state index contributed by atoms with van der Waals surface area (Å²) in [6.45, 7) is 9.82. The Morgan fingerprint density at radius 1 is 1.19 bits per heavy atom. The largest absolute Gasteiger partial charge is 0.695 e. The van der Waals surface area contributed by atoms with Gasteiger partial charge in [0.25, 0.3) is 5.91 Å². The van der Waals surface area contributed by atoms with Crippen molar-refractivity contribution in [3.63, 3.8) is 0 Å². The number of hydrogen-bond donors (Lipinski definition) is 3. The van der Waals surface area contributed by atoms with E-state index in [4.69, 9.17) is 13.7 Å². The summed E-state index contributed by atoms with van der Waals surface area (Å²) in [6, 6.07) is 8.70. The van der Waals surface area contributed by atoms with Crippen molar-refractivity contribution in [1.82, 2.24) is 19.5 Å². The molecule has 3 unspecified atom stereocenters. The number of anilines is 1. The lowest BCUT2D eigenvalue weighted by Gasteiger charge is -2.40. The third kappa shape index (κ3) is 5.63. The molecule has 0 bridgehead atoms. The van der Waals surface area contributed by atoms with Gasteiger partial charge in [0.1, 0.15) is 18.5 Å². The number of fused-ring (bicyclic) bond motifs is 1. The lowest BCUT2D eigenvalue weighted by molar-refractivity contribution is -0.0487. The molecule has 198 valence electrons. The third-order valence-electron chi connectivity index (χ3n) is 6.82. The first-order chi connectivity index (χ1) is 17.4. The quantitative estimate of drug-likeness (QED) is 0.281. The smallest absolute Gasteiger partial charge is 0.406 e. The van der Waals surface area contributed by atoms with Crippen molar-refractivity contribution in [2.45, 2.75) is 63.4 Å². The maximum absolute atomic E-state index is 12.7. The van der Waals surface area contributed by atoms with E-state index < -0.39 is 47.7 Å². The van der Waals surface area contributed by atoms with Crippen LogP contribution in [0.5, 0.6) is 0 Å². The molecule has 3 heterocycles. The van der Waals surface area contributed by atoms with E-state index in [1.807, 2.05) is 19.2 Å². The van der Waals surface area contributed by atoms with Crippen LogP contribution >= 0.6 is 8.25 Å². The molecule has 0 spiro atoms. The number of nitrogens with zero attached hydrogens (tertiary/aromatic N) is 4. The van der Waals surface area contributed by atoms with Gasteiger partial charge in [-0.15, -0.1) is 9.42 Å². The zero-order chi connectivity index (χ0) is 27.0. The standard InChI is InChI=1S/C23H30N5O7PSi/c1-23(2,3)37(4,5)35-18-17(34-36(31)32)15(11-29)33-22(18)28-13-26-16-19(24-12-25-20(16)28)27-21(30)14-9-7-6-8-10-14/h6-10,12-13,15,17-18,22,29H,11H2,1-5H3,(H-,24,25,27,30,31,32)/p+1/t15?,17-,18-,22?/m1/s1. The molecule has 3 N–H and O–H groups in total. The molecular weight excluding hydrogens is 517 g/mol. The van der Waals surface area contributed by atoms with Gasteiger partial charge in [0.15, 0.2) is 37.6 Å². The molecule has 4 rings (SSSR count). The Balaban J connectivity index is 1.72.